The van der Waals surface area contributed by atoms with E-state index in [1.807, 2.05) is 0 Å². The van der Waals surface area contributed by atoms with Crippen molar-refractivity contribution in [3.8, 4) is 0 Å². The standard InChI is InChI=1S/HNP2S/c1-2-3-4/h1H/p+1/i/hD. The molecule has 0 aromatic heterocycles. The Morgan fingerprint density at radius 3 is 2.75 bits per heavy atom. The second-order valence-corrected chi connectivity index (χ2v) is 3.10. The molecular formula is H2NP2S+. The summed E-state index contributed by atoms with van der Waals surface area (Å²) in [6, 6.07) is 0. The molecule has 1 nitrogen and oxygen atoms in total. The van der Waals surface area contributed by atoms with Gasteiger partial charge in [0.2, 0.25) is 6.99 Å². The molecule has 4 heavy (non-hydrogen) atoms. The molecule has 0 radical (unpaired) electrons. The lowest BCUT2D eigenvalue weighted by Crippen LogP contribution is -0.763. The predicted octanol–water partition coefficient (Wildman–Crippen LogP) is 1.75. The summed E-state index contributed by atoms with van der Waals surface area (Å²) in [6.45, 7) is -1.13. The summed E-state index contributed by atoms with van der Waals surface area (Å²) in [6.07, 6.45) is 0. The zero-order chi connectivity index (χ0) is 4.28. The second kappa shape index (κ2) is 3.62. The van der Waals surface area contributed by atoms with Crippen molar-refractivity contribution >= 4 is 26.9 Å². The van der Waals surface area contributed by atoms with Gasteiger partial charge in [-0.25, -0.2) is 5.16 Å². The SMILES string of the molecule is [2H][P+](=S)P=N. The van der Waals surface area contributed by atoms with Crippen LogP contribution in [0.25, 0.3) is 0 Å². The van der Waals surface area contributed by atoms with Crippen LogP contribution in [0.1, 0.15) is 0 Å². The fourth-order valence-electron chi connectivity index (χ4n) is 0. The Morgan fingerprint density at radius 1 is 2.50 bits per heavy atom. The van der Waals surface area contributed by atoms with Crippen LogP contribution in [-0.2, 0) is 11.8 Å². The van der Waals surface area contributed by atoms with Crippen LogP contribution in [0.15, 0.2) is 0 Å². The molecule has 0 heterocycles. The first-order valence-electron chi connectivity index (χ1n) is 1.05. The van der Waals surface area contributed by atoms with E-state index < -0.39 is 6.99 Å². The van der Waals surface area contributed by atoms with E-state index in [0.717, 1.165) is 0 Å². The smallest absolute Gasteiger partial charge is 0.240 e. The molecule has 0 bridgehead atoms. The predicted molar refractivity (Wildman–Crippen MR) is 25.3 cm³/mol. The highest BCUT2D eigenvalue weighted by molar-refractivity contribution is 8.27. The Hall–Kier alpha value is 0.620. The van der Waals surface area contributed by atoms with E-state index in [2.05, 4.69) is 11.8 Å². The van der Waals surface area contributed by atoms with Crippen LogP contribution < -0.4 is 0 Å². The summed E-state index contributed by atoms with van der Waals surface area (Å²) in [7, 11) is 0.293. The fraction of sp³-hybridized carbons (Fsp3) is 0. The molecule has 22 valence electrons. The molecule has 0 aliphatic carbocycles. The Bertz CT molecular complexity index is 60.7. The van der Waals surface area contributed by atoms with Crippen molar-refractivity contribution in [3.05, 3.63) is 0 Å². The second-order valence-electron chi connectivity index (χ2n) is 0.182. The number of nitrogens with one attached hydrogen (secondary N) is 1. The van der Waals surface area contributed by atoms with Crippen LogP contribution in [0.3, 0.4) is 0 Å². The van der Waals surface area contributed by atoms with Crippen LogP contribution in [0.5, 0.6) is 0 Å². The van der Waals surface area contributed by atoms with E-state index in [1.165, 1.54) is 0 Å². The number of hydrogen-bond donors (Lipinski definition) is 1. The quantitative estimate of drug-likeness (QED) is 0.512. The molecule has 0 spiro atoms. The van der Waals surface area contributed by atoms with Crippen molar-refractivity contribution in [2.45, 2.75) is 0 Å². The number of rotatable bonds is 1. The molecule has 1 unspecified atom stereocenters. The molecule has 1 atom stereocenters. The minimum atomic E-state index is -1.13. The van der Waals surface area contributed by atoms with Gasteiger partial charge in [-0.3, -0.25) is 0 Å². The zero-order valence-electron chi connectivity index (χ0n) is 2.80. The van der Waals surface area contributed by atoms with Gasteiger partial charge in [0.15, 0.2) is 11.8 Å². The maximum absolute atomic E-state index is 6.51. The molecule has 0 aromatic carbocycles. The van der Waals surface area contributed by atoms with E-state index in [1.54, 1.807) is 0 Å². The maximum Gasteiger partial charge on any atom is 0.365 e. The van der Waals surface area contributed by atoms with Crippen LogP contribution in [0.4, 0.5) is 0 Å². The summed E-state index contributed by atoms with van der Waals surface area (Å²) in [4.78, 5) is 0. The van der Waals surface area contributed by atoms with Gasteiger partial charge in [-0.2, -0.15) is 0 Å². The average molecular weight is 111 g/mol. The van der Waals surface area contributed by atoms with Gasteiger partial charge in [0, 0.05) is 0 Å². The van der Waals surface area contributed by atoms with E-state index in [4.69, 9.17) is 6.44 Å². The minimum Gasteiger partial charge on any atom is -0.240 e. The summed E-state index contributed by atoms with van der Waals surface area (Å²) in [5.74, 6) is 0. The lowest BCUT2D eigenvalue weighted by molar-refractivity contribution is 1.66. The molecule has 0 saturated carbocycles. The van der Waals surface area contributed by atoms with E-state index >= 15 is 0 Å². The Balaban J connectivity index is 3.20. The third-order valence-electron chi connectivity index (χ3n) is 0.0408. The summed E-state index contributed by atoms with van der Waals surface area (Å²) >= 11 is 4.31. The molecule has 0 amide bonds. The van der Waals surface area contributed by atoms with Gasteiger partial charge in [-0.05, 0) is 0 Å². The molecule has 1 N–H and O–H groups in total. The van der Waals surface area contributed by atoms with Gasteiger partial charge in [-0.1, -0.05) is 0 Å². The van der Waals surface area contributed by atoms with Gasteiger partial charge >= 0.3 is 1.28 Å². The topological polar surface area (TPSA) is 23.9 Å². The first kappa shape index (κ1) is 2.84. The van der Waals surface area contributed by atoms with Crippen molar-refractivity contribution in [1.82, 2.24) is 0 Å². The van der Waals surface area contributed by atoms with Crippen LogP contribution in [0, 0.1) is 5.16 Å². The maximum atomic E-state index is 6.51. The molecule has 0 saturated heterocycles. The van der Waals surface area contributed by atoms with Crippen molar-refractivity contribution in [3.63, 3.8) is 0 Å². The van der Waals surface area contributed by atoms with E-state index in [-0.39, 0.29) is 0 Å². The normalized spacial score (nSPS) is 15.0. The largest absolute Gasteiger partial charge is 0.365 e. The summed E-state index contributed by atoms with van der Waals surface area (Å²) in [5.41, 5.74) is 0. The van der Waals surface area contributed by atoms with Crippen LogP contribution in [-0.4, -0.2) is 1.28 Å². The zero-order valence-corrected chi connectivity index (χ0v) is 4.41. The lowest BCUT2D eigenvalue weighted by atomic mass is 14.0. The molecule has 0 aliphatic heterocycles. The highest BCUT2D eigenvalue weighted by Gasteiger charge is 1.57. The van der Waals surface area contributed by atoms with Gasteiger partial charge in [0.05, 0.1) is 0 Å². The van der Waals surface area contributed by atoms with Gasteiger partial charge in [-0.15, -0.1) is 0 Å². The molecule has 0 rings (SSSR count). The Kier molecular flexibility index (Phi) is 2.57. The van der Waals surface area contributed by atoms with Crippen molar-refractivity contribution in [1.29, 1.82) is 6.44 Å². The van der Waals surface area contributed by atoms with Crippen molar-refractivity contribution in [2.24, 2.45) is 0 Å². The fourth-order valence-corrected chi connectivity index (χ4v) is 0. The van der Waals surface area contributed by atoms with Crippen LogP contribution in [0.2, 0.25) is 0 Å². The average Bonchev–Trinajstić information content (AvgIpc) is 1.38. The van der Waals surface area contributed by atoms with Crippen molar-refractivity contribution in [2.75, 3.05) is 0 Å². The highest BCUT2D eigenvalue weighted by Crippen LogP contribution is 2.10. The minimum absolute atomic E-state index is 0.293. The monoisotopic (exact) mass is 111 g/mol. The Labute approximate surface area is 34.1 Å². The van der Waals surface area contributed by atoms with Gasteiger partial charge < -0.3 is 0 Å². The van der Waals surface area contributed by atoms with Crippen molar-refractivity contribution < 1.29 is 0 Å². The van der Waals surface area contributed by atoms with Gasteiger partial charge in [0.1, 0.15) is 0 Å². The van der Waals surface area contributed by atoms with Crippen LogP contribution >= 0.6 is 15.1 Å². The molecule has 4 heteroatoms. The van der Waals surface area contributed by atoms with E-state index in [0.29, 0.717) is 8.06 Å². The van der Waals surface area contributed by atoms with E-state index in [9.17, 15) is 0 Å². The number of hydrogen-bond acceptors (Lipinski definition) is 2. The Morgan fingerprint density at radius 2 is 2.75 bits per heavy atom. The first-order chi connectivity index (χ1) is 2.27. The summed E-state index contributed by atoms with van der Waals surface area (Å²) < 4.78 is 6.51. The molecular weight excluding hydrogens is 108 g/mol. The molecule has 0 aromatic rings. The lowest BCUT2D eigenvalue weighted by Gasteiger charge is -1.19. The first-order valence-corrected chi connectivity index (χ1v) is 4.11. The third-order valence-corrected chi connectivity index (χ3v) is 1.10. The third kappa shape index (κ3) is 2.62. The highest BCUT2D eigenvalue weighted by atomic mass is 32.6. The summed E-state index contributed by atoms with van der Waals surface area (Å²) in [5, 5.41) is 6.37. The van der Waals surface area contributed by atoms with Gasteiger partial charge in [0.25, 0.3) is 8.06 Å². The molecule has 0 fully saturated rings. The molecule has 0 aliphatic rings.